The van der Waals surface area contributed by atoms with Crippen LogP contribution in [-0.2, 0) is 19.4 Å². The van der Waals surface area contributed by atoms with Crippen LogP contribution in [0.25, 0.3) is 0 Å². The zero-order valence-electron chi connectivity index (χ0n) is 9.69. The molecule has 1 aromatic carbocycles. The van der Waals surface area contributed by atoms with Crippen molar-refractivity contribution in [1.29, 1.82) is 0 Å². The van der Waals surface area contributed by atoms with E-state index in [4.69, 9.17) is 16.6 Å². The lowest BCUT2D eigenvalue weighted by Gasteiger charge is -2.11. The molecular weight excluding hydrogens is 232 g/mol. The van der Waals surface area contributed by atoms with E-state index in [9.17, 15) is 0 Å². The Morgan fingerprint density at radius 2 is 2.24 bits per heavy atom. The van der Waals surface area contributed by atoms with E-state index in [0.29, 0.717) is 0 Å². The molecule has 0 amide bonds. The van der Waals surface area contributed by atoms with E-state index in [2.05, 4.69) is 16.8 Å². The summed E-state index contributed by atoms with van der Waals surface area (Å²) in [6.07, 6.45) is 6.74. The Balaban J connectivity index is 1.83. The largest absolute Gasteiger partial charge is 0.335 e. The molecule has 17 heavy (non-hydrogen) atoms. The Labute approximate surface area is 106 Å². The summed E-state index contributed by atoms with van der Waals surface area (Å²) < 4.78 is 2.30. The maximum atomic E-state index is 5.99. The monoisotopic (exact) mass is 246 g/mol. The van der Waals surface area contributed by atoms with Crippen LogP contribution in [0.15, 0.2) is 30.5 Å². The van der Waals surface area contributed by atoms with Crippen LogP contribution in [0.1, 0.15) is 29.9 Å². The Bertz CT molecular complexity index is 507. The van der Waals surface area contributed by atoms with Gasteiger partial charge >= 0.3 is 0 Å². The van der Waals surface area contributed by atoms with Gasteiger partial charge in [0.1, 0.15) is 5.82 Å². The van der Waals surface area contributed by atoms with Crippen LogP contribution in [0.3, 0.4) is 0 Å². The molecule has 0 aliphatic carbocycles. The predicted molar refractivity (Wildman–Crippen MR) is 69.4 cm³/mol. The van der Waals surface area contributed by atoms with E-state index in [-0.39, 0.29) is 0 Å². The fraction of sp³-hybridized carbons (Fsp3) is 0.357. The molecule has 0 bridgehead atoms. The standard InChI is InChI=1S/C14H15ClN2/c15-12-5-3-4-11(8-12)9-13-10-17-7-2-1-6-14(17)16-13/h3-5,8,10H,1-2,6-7,9H2. The summed E-state index contributed by atoms with van der Waals surface area (Å²) in [7, 11) is 0. The average Bonchev–Trinajstić information content (AvgIpc) is 2.71. The van der Waals surface area contributed by atoms with Crippen molar-refractivity contribution in [3.63, 3.8) is 0 Å². The van der Waals surface area contributed by atoms with E-state index >= 15 is 0 Å². The number of fused-ring (bicyclic) bond motifs is 1. The van der Waals surface area contributed by atoms with Crippen LogP contribution in [0.2, 0.25) is 5.02 Å². The van der Waals surface area contributed by atoms with Gasteiger partial charge in [0.05, 0.1) is 5.69 Å². The summed E-state index contributed by atoms with van der Waals surface area (Å²) in [6.45, 7) is 1.12. The lowest BCUT2D eigenvalue weighted by atomic mass is 10.1. The molecular formula is C14H15ClN2. The zero-order chi connectivity index (χ0) is 11.7. The Morgan fingerprint density at radius 3 is 3.06 bits per heavy atom. The summed E-state index contributed by atoms with van der Waals surface area (Å²) in [5.74, 6) is 1.24. The van der Waals surface area contributed by atoms with E-state index in [0.717, 1.165) is 30.1 Å². The SMILES string of the molecule is Clc1cccc(Cc2cn3c(n2)CCCC3)c1. The third-order valence-electron chi connectivity index (χ3n) is 3.23. The highest BCUT2D eigenvalue weighted by Crippen LogP contribution is 2.18. The molecule has 88 valence electrons. The van der Waals surface area contributed by atoms with Crippen molar-refractivity contribution in [1.82, 2.24) is 9.55 Å². The van der Waals surface area contributed by atoms with Gasteiger partial charge in [-0.05, 0) is 30.5 Å². The second kappa shape index (κ2) is 4.53. The molecule has 0 radical (unpaired) electrons. The maximum Gasteiger partial charge on any atom is 0.108 e. The number of hydrogen-bond donors (Lipinski definition) is 0. The minimum Gasteiger partial charge on any atom is -0.335 e. The first-order valence-corrected chi connectivity index (χ1v) is 6.48. The Kier molecular flexibility index (Phi) is 2.89. The molecule has 2 heterocycles. The molecule has 0 N–H and O–H groups in total. The number of rotatable bonds is 2. The summed E-state index contributed by atoms with van der Waals surface area (Å²) in [5, 5.41) is 0.798. The summed E-state index contributed by atoms with van der Waals surface area (Å²) >= 11 is 5.99. The van der Waals surface area contributed by atoms with Crippen molar-refractivity contribution < 1.29 is 0 Å². The third kappa shape index (κ3) is 2.37. The van der Waals surface area contributed by atoms with E-state index < -0.39 is 0 Å². The van der Waals surface area contributed by atoms with Gasteiger partial charge in [-0.2, -0.15) is 0 Å². The summed E-state index contributed by atoms with van der Waals surface area (Å²) in [4.78, 5) is 4.70. The molecule has 2 nitrogen and oxygen atoms in total. The van der Waals surface area contributed by atoms with E-state index in [1.807, 2.05) is 18.2 Å². The first-order valence-electron chi connectivity index (χ1n) is 6.10. The van der Waals surface area contributed by atoms with E-state index in [1.165, 1.54) is 24.2 Å². The molecule has 3 heteroatoms. The Hall–Kier alpha value is -1.28. The number of nitrogens with zero attached hydrogens (tertiary/aromatic N) is 2. The van der Waals surface area contributed by atoms with Crippen molar-refractivity contribution in [3.05, 3.63) is 52.6 Å². The van der Waals surface area contributed by atoms with Gasteiger partial charge in [-0.25, -0.2) is 4.98 Å². The van der Waals surface area contributed by atoms with Gasteiger partial charge < -0.3 is 4.57 Å². The van der Waals surface area contributed by atoms with Gasteiger partial charge in [0, 0.05) is 30.6 Å². The predicted octanol–water partition coefficient (Wildman–Crippen LogP) is 3.46. The number of aromatic nitrogens is 2. The lowest BCUT2D eigenvalue weighted by molar-refractivity contribution is 0.522. The minimum absolute atomic E-state index is 0.798. The average molecular weight is 247 g/mol. The topological polar surface area (TPSA) is 17.8 Å². The van der Waals surface area contributed by atoms with Gasteiger partial charge in [-0.15, -0.1) is 0 Å². The molecule has 1 aliphatic heterocycles. The van der Waals surface area contributed by atoms with Crippen molar-refractivity contribution in [3.8, 4) is 0 Å². The van der Waals surface area contributed by atoms with Crippen molar-refractivity contribution in [2.24, 2.45) is 0 Å². The molecule has 0 atom stereocenters. The van der Waals surface area contributed by atoms with Gasteiger partial charge in [-0.1, -0.05) is 23.7 Å². The summed E-state index contributed by atoms with van der Waals surface area (Å²) in [6, 6.07) is 8.01. The van der Waals surface area contributed by atoms with Gasteiger partial charge in [0.2, 0.25) is 0 Å². The molecule has 0 saturated carbocycles. The normalized spacial score (nSPS) is 14.6. The molecule has 0 unspecified atom stereocenters. The number of aryl methyl sites for hydroxylation is 2. The third-order valence-corrected chi connectivity index (χ3v) is 3.47. The number of imidazole rings is 1. The van der Waals surface area contributed by atoms with Gasteiger partial charge in [-0.3, -0.25) is 0 Å². The molecule has 1 aromatic heterocycles. The van der Waals surface area contributed by atoms with Gasteiger partial charge in [0.25, 0.3) is 0 Å². The highest BCUT2D eigenvalue weighted by molar-refractivity contribution is 6.30. The first kappa shape index (κ1) is 10.8. The smallest absolute Gasteiger partial charge is 0.108 e. The molecule has 2 aromatic rings. The molecule has 0 spiro atoms. The van der Waals surface area contributed by atoms with Crippen LogP contribution >= 0.6 is 11.6 Å². The number of hydrogen-bond acceptors (Lipinski definition) is 1. The first-order chi connectivity index (χ1) is 8.31. The number of halogens is 1. The van der Waals surface area contributed by atoms with Crippen molar-refractivity contribution >= 4 is 11.6 Å². The highest BCUT2D eigenvalue weighted by Gasteiger charge is 2.12. The highest BCUT2D eigenvalue weighted by atomic mass is 35.5. The van der Waals surface area contributed by atoms with Crippen molar-refractivity contribution in [2.45, 2.75) is 32.2 Å². The second-order valence-electron chi connectivity index (χ2n) is 4.61. The maximum absolute atomic E-state index is 5.99. The van der Waals surface area contributed by atoms with Crippen LogP contribution in [0, 0.1) is 0 Å². The quantitative estimate of drug-likeness (QED) is 0.794. The Morgan fingerprint density at radius 1 is 1.29 bits per heavy atom. The minimum atomic E-state index is 0.798. The second-order valence-corrected chi connectivity index (χ2v) is 5.04. The van der Waals surface area contributed by atoms with Crippen LogP contribution in [0.4, 0.5) is 0 Å². The lowest BCUT2D eigenvalue weighted by Crippen LogP contribution is -2.08. The van der Waals surface area contributed by atoms with Crippen LogP contribution in [-0.4, -0.2) is 9.55 Å². The van der Waals surface area contributed by atoms with E-state index in [1.54, 1.807) is 0 Å². The fourth-order valence-electron chi connectivity index (χ4n) is 2.41. The summed E-state index contributed by atoms with van der Waals surface area (Å²) in [5.41, 5.74) is 2.39. The van der Waals surface area contributed by atoms with Crippen LogP contribution in [0.5, 0.6) is 0 Å². The van der Waals surface area contributed by atoms with Crippen LogP contribution < -0.4 is 0 Å². The molecule has 0 fully saturated rings. The molecule has 1 aliphatic rings. The molecule has 3 rings (SSSR count). The van der Waals surface area contributed by atoms with Gasteiger partial charge in [0.15, 0.2) is 0 Å². The molecule has 0 saturated heterocycles. The fourth-order valence-corrected chi connectivity index (χ4v) is 2.63. The van der Waals surface area contributed by atoms with Crippen molar-refractivity contribution in [2.75, 3.05) is 0 Å². The number of benzene rings is 1. The zero-order valence-corrected chi connectivity index (χ0v) is 10.5.